The van der Waals surface area contributed by atoms with Gasteiger partial charge in [-0.25, -0.2) is 14.4 Å². The zero-order valence-corrected chi connectivity index (χ0v) is 13.1. The molecule has 0 saturated carbocycles. The van der Waals surface area contributed by atoms with Crippen molar-refractivity contribution < 1.29 is 22.7 Å². The Morgan fingerprint density at radius 1 is 1.04 bits per heavy atom. The fraction of sp³-hybridized carbons (Fsp3) is 0.118. The van der Waals surface area contributed by atoms with Crippen molar-refractivity contribution >= 4 is 5.82 Å². The molecular weight excluding hydrogens is 352 g/mol. The Hall–Kier alpha value is -3.23. The van der Waals surface area contributed by atoms with Crippen LogP contribution in [0.2, 0.25) is 0 Å². The van der Waals surface area contributed by atoms with Crippen molar-refractivity contribution in [3.05, 3.63) is 65.7 Å². The normalized spacial score (nSPS) is 11.4. The average Bonchev–Trinajstić information content (AvgIpc) is 2.62. The van der Waals surface area contributed by atoms with Crippen molar-refractivity contribution in [3.63, 3.8) is 0 Å². The summed E-state index contributed by atoms with van der Waals surface area (Å²) in [5, 5.41) is 11.9. The zero-order chi connectivity index (χ0) is 18.7. The van der Waals surface area contributed by atoms with Crippen LogP contribution in [-0.2, 0) is 12.7 Å². The van der Waals surface area contributed by atoms with E-state index in [-0.39, 0.29) is 23.9 Å². The number of halogens is 4. The Balaban J connectivity index is 1.91. The highest BCUT2D eigenvalue weighted by molar-refractivity contribution is 5.53. The van der Waals surface area contributed by atoms with Gasteiger partial charge in [-0.2, -0.15) is 13.2 Å². The van der Waals surface area contributed by atoms with Gasteiger partial charge in [-0.05, 0) is 29.8 Å². The van der Waals surface area contributed by atoms with Crippen LogP contribution in [0.15, 0.2) is 48.7 Å². The summed E-state index contributed by atoms with van der Waals surface area (Å²) >= 11 is 0. The molecule has 0 saturated heterocycles. The van der Waals surface area contributed by atoms with Gasteiger partial charge >= 0.3 is 6.18 Å². The lowest BCUT2D eigenvalue weighted by molar-refractivity contribution is -0.141. The molecule has 9 heteroatoms. The maximum Gasteiger partial charge on any atom is 0.433 e. The summed E-state index contributed by atoms with van der Waals surface area (Å²) in [7, 11) is 0. The molecule has 5 nitrogen and oxygen atoms in total. The Bertz CT molecular complexity index is 916. The van der Waals surface area contributed by atoms with Gasteiger partial charge in [0.15, 0.2) is 23.1 Å². The number of phenols is 1. The minimum absolute atomic E-state index is 0.00711. The highest BCUT2D eigenvalue weighted by Crippen LogP contribution is 2.30. The van der Waals surface area contributed by atoms with Crippen LogP contribution in [0, 0.1) is 5.82 Å². The van der Waals surface area contributed by atoms with Crippen LogP contribution in [0.4, 0.5) is 23.4 Å². The van der Waals surface area contributed by atoms with Crippen LogP contribution >= 0.6 is 0 Å². The molecule has 0 aliphatic carbocycles. The van der Waals surface area contributed by atoms with Gasteiger partial charge in [-0.1, -0.05) is 12.1 Å². The van der Waals surface area contributed by atoms with E-state index in [1.807, 2.05) is 0 Å². The van der Waals surface area contributed by atoms with E-state index >= 15 is 0 Å². The third-order valence-corrected chi connectivity index (χ3v) is 3.40. The number of phenolic OH excluding ortho intramolecular Hbond substituents is 1. The van der Waals surface area contributed by atoms with Gasteiger partial charge in [0.25, 0.3) is 0 Å². The predicted molar refractivity (Wildman–Crippen MR) is 85.7 cm³/mol. The Labute approximate surface area is 145 Å². The van der Waals surface area contributed by atoms with Crippen molar-refractivity contribution in [2.24, 2.45) is 0 Å². The van der Waals surface area contributed by atoms with Crippen molar-refractivity contribution in [2.45, 2.75) is 12.7 Å². The van der Waals surface area contributed by atoms with E-state index in [2.05, 4.69) is 20.3 Å². The van der Waals surface area contributed by atoms with E-state index in [1.165, 1.54) is 18.3 Å². The molecule has 0 aliphatic heterocycles. The van der Waals surface area contributed by atoms with Gasteiger partial charge in [-0.15, -0.1) is 0 Å². The summed E-state index contributed by atoms with van der Waals surface area (Å²) in [6.45, 7) is 0.00711. The smallest absolute Gasteiger partial charge is 0.433 e. The number of nitrogens with zero attached hydrogens (tertiary/aromatic N) is 3. The van der Waals surface area contributed by atoms with Gasteiger partial charge in [0, 0.05) is 18.8 Å². The summed E-state index contributed by atoms with van der Waals surface area (Å²) in [4.78, 5) is 11.5. The second-order valence-corrected chi connectivity index (χ2v) is 5.31. The van der Waals surface area contributed by atoms with Crippen LogP contribution in [0.25, 0.3) is 11.5 Å². The Kier molecular flexibility index (Phi) is 4.70. The Morgan fingerprint density at radius 2 is 1.85 bits per heavy atom. The fourth-order valence-electron chi connectivity index (χ4n) is 2.15. The molecular formula is C17H12F4N4O. The van der Waals surface area contributed by atoms with E-state index < -0.39 is 23.4 Å². The average molecular weight is 364 g/mol. The number of benzene rings is 1. The molecule has 2 aromatic heterocycles. The molecule has 26 heavy (non-hydrogen) atoms. The molecule has 2 N–H and O–H groups in total. The molecule has 0 radical (unpaired) electrons. The molecule has 2 heterocycles. The Morgan fingerprint density at radius 3 is 2.50 bits per heavy atom. The van der Waals surface area contributed by atoms with E-state index in [1.54, 1.807) is 12.1 Å². The molecule has 1 aromatic carbocycles. The number of rotatable bonds is 4. The summed E-state index contributed by atoms with van der Waals surface area (Å²) in [6, 6.07) is 9.17. The third-order valence-electron chi connectivity index (χ3n) is 3.40. The van der Waals surface area contributed by atoms with Gasteiger partial charge in [0.1, 0.15) is 11.5 Å². The third kappa shape index (κ3) is 4.05. The van der Waals surface area contributed by atoms with Gasteiger partial charge in [0.05, 0.1) is 0 Å². The predicted octanol–water partition coefficient (Wildman–Crippen LogP) is 4.01. The lowest BCUT2D eigenvalue weighted by atomic mass is 10.2. The summed E-state index contributed by atoms with van der Waals surface area (Å²) in [5.74, 6) is -1.59. The second kappa shape index (κ2) is 6.95. The molecule has 3 rings (SSSR count). The van der Waals surface area contributed by atoms with Crippen LogP contribution in [0.3, 0.4) is 0 Å². The summed E-state index contributed by atoms with van der Waals surface area (Å²) in [5.41, 5.74) is -0.503. The van der Waals surface area contributed by atoms with Crippen LogP contribution < -0.4 is 5.32 Å². The van der Waals surface area contributed by atoms with E-state index in [0.717, 1.165) is 18.2 Å². The van der Waals surface area contributed by atoms with Gasteiger partial charge in [0.2, 0.25) is 0 Å². The SMILES string of the molecule is Oc1ccc(CNc2cc(C(F)(F)F)nc(-c3ccccn3)n2)cc1F. The highest BCUT2D eigenvalue weighted by atomic mass is 19.4. The first-order valence-corrected chi connectivity index (χ1v) is 7.42. The van der Waals surface area contributed by atoms with Crippen LogP contribution in [0.5, 0.6) is 5.75 Å². The second-order valence-electron chi connectivity index (χ2n) is 5.31. The molecule has 134 valence electrons. The minimum atomic E-state index is -4.66. The van der Waals surface area contributed by atoms with Crippen molar-refractivity contribution in [2.75, 3.05) is 5.32 Å². The van der Waals surface area contributed by atoms with Crippen molar-refractivity contribution in [3.8, 4) is 17.3 Å². The molecule has 0 amide bonds. The number of aromatic nitrogens is 3. The lowest BCUT2D eigenvalue weighted by Gasteiger charge is -2.12. The van der Waals surface area contributed by atoms with E-state index in [4.69, 9.17) is 5.11 Å². The maximum absolute atomic E-state index is 13.4. The van der Waals surface area contributed by atoms with E-state index in [9.17, 15) is 17.6 Å². The summed E-state index contributed by atoms with van der Waals surface area (Å²) < 4.78 is 52.7. The monoisotopic (exact) mass is 364 g/mol. The van der Waals surface area contributed by atoms with E-state index in [0.29, 0.717) is 5.56 Å². The first kappa shape index (κ1) is 17.6. The molecule has 0 atom stereocenters. The molecule has 0 spiro atoms. The van der Waals surface area contributed by atoms with Gasteiger partial charge in [-0.3, -0.25) is 4.98 Å². The van der Waals surface area contributed by atoms with Gasteiger partial charge < -0.3 is 10.4 Å². The number of anilines is 1. The number of hydrogen-bond donors (Lipinski definition) is 2. The van der Waals surface area contributed by atoms with Crippen molar-refractivity contribution in [1.29, 1.82) is 0 Å². The fourth-order valence-corrected chi connectivity index (χ4v) is 2.15. The molecule has 3 aromatic rings. The van der Waals surface area contributed by atoms with Crippen molar-refractivity contribution in [1.82, 2.24) is 15.0 Å². The molecule has 0 bridgehead atoms. The molecule has 0 unspecified atom stereocenters. The largest absolute Gasteiger partial charge is 0.505 e. The lowest BCUT2D eigenvalue weighted by Crippen LogP contribution is -2.12. The topological polar surface area (TPSA) is 70.9 Å². The maximum atomic E-state index is 13.4. The minimum Gasteiger partial charge on any atom is -0.505 e. The zero-order valence-electron chi connectivity index (χ0n) is 13.1. The standard InChI is InChI=1S/C17H12F4N4O/c18-11-7-10(4-5-13(11)26)9-23-15-8-14(17(19,20)21)24-16(25-15)12-3-1-2-6-22-12/h1-8,26H,9H2,(H,23,24,25). The molecule has 0 fully saturated rings. The number of aromatic hydroxyl groups is 1. The van der Waals surface area contributed by atoms with Crippen LogP contribution in [0.1, 0.15) is 11.3 Å². The highest BCUT2D eigenvalue weighted by Gasteiger charge is 2.34. The first-order chi connectivity index (χ1) is 12.3. The quantitative estimate of drug-likeness (QED) is 0.685. The number of pyridine rings is 1. The number of nitrogens with one attached hydrogen (secondary N) is 1. The first-order valence-electron chi connectivity index (χ1n) is 7.42. The molecule has 0 aliphatic rings. The van der Waals surface area contributed by atoms with Crippen LogP contribution in [-0.4, -0.2) is 20.1 Å². The number of hydrogen-bond acceptors (Lipinski definition) is 5. The summed E-state index contributed by atoms with van der Waals surface area (Å²) in [6.07, 6.45) is -3.24. The number of alkyl halides is 3.